The number of halogens is 2. The van der Waals surface area contributed by atoms with Gasteiger partial charge in [-0.05, 0) is 49.4 Å². The van der Waals surface area contributed by atoms with Crippen LogP contribution in [0.5, 0.6) is 0 Å². The van der Waals surface area contributed by atoms with Crippen LogP contribution in [-0.4, -0.2) is 5.54 Å². The first kappa shape index (κ1) is 9.59. The minimum Gasteiger partial charge on any atom is -0.325 e. The maximum absolute atomic E-state index is 13.2. The summed E-state index contributed by atoms with van der Waals surface area (Å²) in [6.07, 6.45) is 3.34. The SMILES string of the molecule is NC1(Cc2cc(F)ccc2F)CCC1. The van der Waals surface area contributed by atoms with Gasteiger partial charge < -0.3 is 5.73 Å². The van der Waals surface area contributed by atoms with Crippen LogP contribution in [0.2, 0.25) is 0 Å². The molecule has 1 aromatic carbocycles. The summed E-state index contributed by atoms with van der Waals surface area (Å²) in [7, 11) is 0. The van der Waals surface area contributed by atoms with Crippen molar-refractivity contribution in [3.63, 3.8) is 0 Å². The van der Waals surface area contributed by atoms with E-state index in [0.29, 0.717) is 12.0 Å². The van der Waals surface area contributed by atoms with E-state index >= 15 is 0 Å². The number of hydrogen-bond acceptors (Lipinski definition) is 1. The van der Waals surface area contributed by atoms with Crippen LogP contribution in [0.1, 0.15) is 24.8 Å². The summed E-state index contributed by atoms with van der Waals surface area (Å²) >= 11 is 0. The molecular formula is C11H13F2N. The molecule has 0 spiro atoms. The second-order valence-electron chi connectivity index (χ2n) is 4.13. The third kappa shape index (κ3) is 1.77. The maximum Gasteiger partial charge on any atom is 0.126 e. The Morgan fingerprint density at radius 1 is 1.29 bits per heavy atom. The lowest BCUT2D eigenvalue weighted by Gasteiger charge is -2.38. The smallest absolute Gasteiger partial charge is 0.126 e. The van der Waals surface area contributed by atoms with E-state index in [2.05, 4.69) is 0 Å². The summed E-state index contributed by atoms with van der Waals surface area (Å²) in [5.41, 5.74) is 6.06. The van der Waals surface area contributed by atoms with Gasteiger partial charge >= 0.3 is 0 Å². The van der Waals surface area contributed by atoms with Crippen molar-refractivity contribution >= 4 is 0 Å². The molecule has 2 rings (SSSR count). The molecule has 3 heteroatoms. The second kappa shape index (κ2) is 3.31. The van der Waals surface area contributed by atoms with Crippen molar-refractivity contribution in [3.05, 3.63) is 35.4 Å². The van der Waals surface area contributed by atoms with Crippen LogP contribution in [0.15, 0.2) is 18.2 Å². The molecule has 0 unspecified atom stereocenters. The summed E-state index contributed by atoms with van der Waals surface area (Å²) in [5.74, 6) is -0.757. The minimum absolute atomic E-state index is 0.297. The first-order valence-electron chi connectivity index (χ1n) is 4.82. The van der Waals surface area contributed by atoms with Crippen molar-refractivity contribution in [1.82, 2.24) is 0 Å². The maximum atomic E-state index is 13.2. The lowest BCUT2D eigenvalue weighted by Crippen LogP contribution is -2.48. The van der Waals surface area contributed by atoms with E-state index in [0.717, 1.165) is 31.4 Å². The van der Waals surface area contributed by atoms with Crippen LogP contribution in [0.25, 0.3) is 0 Å². The van der Waals surface area contributed by atoms with Crippen molar-refractivity contribution in [2.75, 3.05) is 0 Å². The van der Waals surface area contributed by atoms with Crippen LogP contribution in [0.3, 0.4) is 0 Å². The molecule has 0 amide bonds. The topological polar surface area (TPSA) is 26.0 Å². The Kier molecular flexibility index (Phi) is 2.27. The van der Waals surface area contributed by atoms with Crippen molar-refractivity contribution in [3.8, 4) is 0 Å². The number of hydrogen-bond donors (Lipinski definition) is 1. The molecule has 0 saturated heterocycles. The molecule has 0 aromatic heterocycles. The lowest BCUT2D eigenvalue weighted by atomic mass is 9.74. The normalized spacial score (nSPS) is 19.1. The molecule has 0 bridgehead atoms. The zero-order valence-electron chi connectivity index (χ0n) is 7.89. The molecule has 1 aliphatic carbocycles. The third-order valence-corrected chi connectivity index (χ3v) is 2.90. The van der Waals surface area contributed by atoms with Gasteiger partial charge in [0, 0.05) is 5.54 Å². The Hall–Kier alpha value is -0.960. The number of nitrogens with two attached hydrogens (primary N) is 1. The van der Waals surface area contributed by atoms with E-state index in [-0.39, 0.29) is 11.4 Å². The Labute approximate surface area is 81.9 Å². The van der Waals surface area contributed by atoms with Crippen molar-refractivity contribution < 1.29 is 8.78 Å². The number of rotatable bonds is 2. The standard InChI is InChI=1S/C11H13F2N/c12-9-2-3-10(13)8(6-9)7-11(14)4-1-5-11/h2-3,6H,1,4-5,7,14H2. The minimum atomic E-state index is -0.399. The average Bonchev–Trinajstić information content (AvgIpc) is 2.09. The van der Waals surface area contributed by atoms with Crippen molar-refractivity contribution in [2.24, 2.45) is 5.73 Å². The van der Waals surface area contributed by atoms with Gasteiger partial charge in [-0.25, -0.2) is 8.78 Å². The summed E-state index contributed by atoms with van der Waals surface area (Å²) in [6, 6.07) is 3.53. The molecule has 0 heterocycles. The van der Waals surface area contributed by atoms with Gasteiger partial charge in [0.15, 0.2) is 0 Å². The molecule has 2 N–H and O–H groups in total. The lowest BCUT2D eigenvalue weighted by molar-refractivity contribution is 0.245. The Bertz CT molecular complexity index is 345. The Morgan fingerprint density at radius 2 is 2.00 bits per heavy atom. The molecule has 0 atom stereocenters. The monoisotopic (exact) mass is 197 g/mol. The molecule has 1 aliphatic rings. The fraction of sp³-hybridized carbons (Fsp3) is 0.455. The number of benzene rings is 1. The quantitative estimate of drug-likeness (QED) is 0.774. The van der Waals surface area contributed by atoms with Crippen LogP contribution >= 0.6 is 0 Å². The molecule has 1 aromatic rings. The second-order valence-corrected chi connectivity index (χ2v) is 4.13. The summed E-state index contributed by atoms with van der Waals surface area (Å²) in [5, 5.41) is 0. The third-order valence-electron chi connectivity index (χ3n) is 2.90. The van der Waals surface area contributed by atoms with Crippen molar-refractivity contribution in [1.29, 1.82) is 0 Å². The largest absolute Gasteiger partial charge is 0.325 e. The van der Waals surface area contributed by atoms with E-state index in [1.165, 1.54) is 6.07 Å². The Morgan fingerprint density at radius 3 is 2.57 bits per heavy atom. The molecule has 0 radical (unpaired) electrons. The zero-order chi connectivity index (χ0) is 10.2. The molecule has 14 heavy (non-hydrogen) atoms. The molecule has 1 fully saturated rings. The van der Waals surface area contributed by atoms with Gasteiger partial charge in [0.05, 0.1) is 0 Å². The molecule has 1 nitrogen and oxygen atoms in total. The first-order valence-corrected chi connectivity index (χ1v) is 4.82. The summed E-state index contributed by atoms with van der Waals surface area (Å²) in [6.45, 7) is 0. The molecule has 1 saturated carbocycles. The predicted molar refractivity (Wildman–Crippen MR) is 50.8 cm³/mol. The highest BCUT2D eigenvalue weighted by molar-refractivity contribution is 5.22. The van der Waals surface area contributed by atoms with Gasteiger partial charge in [0.1, 0.15) is 11.6 Å². The fourth-order valence-corrected chi connectivity index (χ4v) is 1.87. The highest BCUT2D eigenvalue weighted by atomic mass is 19.1. The predicted octanol–water partition coefficient (Wildman–Crippen LogP) is 2.39. The van der Waals surface area contributed by atoms with Gasteiger partial charge in [-0.3, -0.25) is 0 Å². The van der Waals surface area contributed by atoms with Crippen LogP contribution in [-0.2, 0) is 6.42 Å². The van der Waals surface area contributed by atoms with Gasteiger partial charge in [-0.2, -0.15) is 0 Å². The average molecular weight is 197 g/mol. The van der Waals surface area contributed by atoms with Crippen molar-refractivity contribution in [2.45, 2.75) is 31.2 Å². The molecule has 76 valence electrons. The summed E-state index contributed by atoms with van der Waals surface area (Å²) in [4.78, 5) is 0. The van der Waals surface area contributed by atoms with Gasteiger partial charge in [-0.15, -0.1) is 0 Å². The van der Waals surface area contributed by atoms with Gasteiger partial charge in [-0.1, -0.05) is 0 Å². The zero-order valence-corrected chi connectivity index (χ0v) is 7.89. The molecular weight excluding hydrogens is 184 g/mol. The highest BCUT2D eigenvalue weighted by Gasteiger charge is 2.33. The fourth-order valence-electron chi connectivity index (χ4n) is 1.87. The molecule has 0 aliphatic heterocycles. The van der Waals surface area contributed by atoms with E-state index in [9.17, 15) is 8.78 Å². The van der Waals surface area contributed by atoms with Crippen LogP contribution in [0.4, 0.5) is 8.78 Å². The van der Waals surface area contributed by atoms with Crippen LogP contribution < -0.4 is 5.73 Å². The van der Waals surface area contributed by atoms with E-state index in [4.69, 9.17) is 5.73 Å². The summed E-state index contributed by atoms with van der Waals surface area (Å²) < 4.78 is 26.1. The van der Waals surface area contributed by atoms with E-state index in [1.807, 2.05) is 0 Å². The van der Waals surface area contributed by atoms with Gasteiger partial charge in [0.2, 0.25) is 0 Å². The van der Waals surface area contributed by atoms with E-state index in [1.54, 1.807) is 0 Å². The first-order chi connectivity index (χ1) is 6.59. The van der Waals surface area contributed by atoms with E-state index < -0.39 is 5.82 Å². The Balaban J connectivity index is 2.19. The highest BCUT2D eigenvalue weighted by Crippen LogP contribution is 2.33. The van der Waals surface area contributed by atoms with Gasteiger partial charge in [0.25, 0.3) is 0 Å². The van der Waals surface area contributed by atoms with Crippen LogP contribution in [0, 0.1) is 11.6 Å².